The molecule has 2 aromatic carbocycles. The van der Waals surface area contributed by atoms with E-state index in [1.54, 1.807) is 12.1 Å². The van der Waals surface area contributed by atoms with Crippen LogP contribution in [0.1, 0.15) is 11.1 Å². The molecule has 0 atom stereocenters. The molecule has 1 amide bonds. The Morgan fingerprint density at radius 2 is 1.88 bits per heavy atom. The third-order valence-corrected chi connectivity index (χ3v) is 3.18. The maximum Gasteiger partial charge on any atom is 0.573 e. The molecule has 0 aliphatic carbocycles. The second-order valence-electron chi connectivity index (χ2n) is 5.30. The van der Waals surface area contributed by atoms with E-state index in [-0.39, 0.29) is 18.2 Å². The van der Waals surface area contributed by atoms with Crippen LogP contribution in [0, 0.1) is 13.8 Å². The lowest BCUT2D eigenvalue weighted by atomic mass is 10.1. The van der Waals surface area contributed by atoms with Gasteiger partial charge in [0.15, 0.2) is 0 Å². The molecule has 4 nitrogen and oxygen atoms in total. The van der Waals surface area contributed by atoms with Crippen molar-refractivity contribution >= 4 is 17.3 Å². The average Bonchev–Trinajstić information content (AvgIpc) is 2.47. The lowest BCUT2D eigenvalue weighted by Crippen LogP contribution is -2.22. The van der Waals surface area contributed by atoms with Crippen molar-refractivity contribution in [3.63, 3.8) is 0 Å². The quantitative estimate of drug-likeness (QED) is 0.857. The zero-order valence-electron chi connectivity index (χ0n) is 13.2. The lowest BCUT2D eigenvalue weighted by molar-refractivity contribution is -0.274. The summed E-state index contributed by atoms with van der Waals surface area (Å²) in [5, 5.41) is 5.51. The monoisotopic (exact) mass is 338 g/mol. The second kappa shape index (κ2) is 7.25. The van der Waals surface area contributed by atoms with Crippen molar-refractivity contribution in [1.82, 2.24) is 0 Å². The molecule has 0 aliphatic rings. The Labute approximate surface area is 137 Å². The van der Waals surface area contributed by atoms with Crippen LogP contribution >= 0.6 is 0 Å². The molecule has 0 saturated heterocycles. The first kappa shape index (κ1) is 17.7. The number of halogens is 3. The van der Waals surface area contributed by atoms with E-state index in [0.717, 1.165) is 11.1 Å². The summed E-state index contributed by atoms with van der Waals surface area (Å²) in [6.07, 6.45) is -4.75. The maximum atomic E-state index is 12.2. The van der Waals surface area contributed by atoms with Crippen LogP contribution in [0.15, 0.2) is 42.5 Å². The summed E-state index contributed by atoms with van der Waals surface area (Å²) in [4.78, 5) is 12.0. The molecular weight excluding hydrogens is 321 g/mol. The molecule has 0 saturated carbocycles. The Morgan fingerprint density at radius 1 is 1.12 bits per heavy atom. The smallest absolute Gasteiger partial charge is 0.406 e. The molecule has 0 spiro atoms. The largest absolute Gasteiger partial charge is 0.573 e. The van der Waals surface area contributed by atoms with E-state index in [0.29, 0.717) is 11.4 Å². The highest BCUT2D eigenvalue weighted by Crippen LogP contribution is 2.25. The van der Waals surface area contributed by atoms with Crippen molar-refractivity contribution in [1.29, 1.82) is 0 Å². The number of aryl methyl sites for hydroxylation is 2. The molecule has 2 rings (SSSR count). The Balaban J connectivity index is 1.93. The third kappa shape index (κ3) is 5.49. The summed E-state index contributed by atoms with van der Waals surface area (Å²) in [5.74, 6) is -0.647. The number of amides is 1. The molecule has 0 heterocycles. The van der Waals surface area contributed by atoms with Crippen molar-refractivity contribution in [2.45, 2.75) is 20.2 Å². The van der Waals surface area contributed by atoms with Gasteiger partial charge < -0.3 is 15.4 Å². The highest BCUT2D eigenvalue weighted by Gasteiger charge is 2.31. The van der Waals surface area contributed by atoms with Gasteiger partial charge in [-0.3, -0.25) is 4.79 Å². The average molecular weight is 338 g/mol. The predicted molar refractivity (Wildman–Crippen MR) is 86.2 cm³/mol. The summed E-state index contributed by atoms with van der Waals surface area (Å²) < 4.78 is 40.4. The number of carbonyl (C=O) groups is 1. The first-order valence-corrected chi connectivity index (χ1v) is 7.20. The number of ether oxygens (including phenoxy) is 1. The highest BCUT2D eigenvalue weighted by atomic mass is 19.4. The van der Waals surface area contributed by atoms with Crippen LogP contribution in [0.3, 0.4) is 0 Å². The second-order valence-corrected chi connectivity index (χ2v) is 5.30. The number of nitrogens with one attached hydrogen (secondary N) is 2. The lowest BCUT2D eigenvalue weighted by Gasteiger charge is -2.12. The first-order valence-electron chi connectivity index (χ1n) is 7.20. The van der Waals surface area contributed by atoms with Gasteiger partial charge >= 0.3 is 6.36 Å². The van der Waals surface area contributed by atoms with Crippen LogP contribution in [-0.4, -0.2) is 18.8 Å². The number of rotatable bonds is 5. The summed E-state index contributed by atoms with van der Waals surface area (Å²) in [6, 6.07) is 11.0. The van der Waals surface area contributed by atoms with Crippen LogP contribution in [0.25, 0.3) is 0 Å². The van der Waals surface area contributed by atoms with Gasteiger partial charge in [0, 0.05) is 17.4 Å². The minimum atomic E-state index is -4.75. The molecule has 2 N–H and O–H groups in total. The van der Waals surface area contributed by atoms with Crippen molar-refractivity contribution < 1.29 is 22.7 Å². The maximum absolute atomic E-state index is 12.2. The Hall–Kier alpha value is -2.70. The summed E-state index contributed by atoms with van der Waals surface area (Å²) in [7, 11) is 0. The van der Waals surface area contributed by atoms with Crippen LogP contribution in [-0.2, 0) is 4.79 Å². The minimum absolute atomic E-state index is 0.0806. The molecule has 7 heteroatoms. The molecule has 0 aromatic heterocycles. The van der Waals surface area contributed by atoms with Gasteiger partial charge in [0.1, 0.15) is 5.75 Å². The van der Waals surface area contributed by atoms with E-state index < -0.39 is 6.36 Å². The number of hydrogen-bond acceptors (Lipinski definition) is 3. The molecule has 24 heavy (non-hydrogen) atoms. The predicted octanol–water partition coefficient (Wildman–Crippen LogP) is 4.25. The van der Waals surface area contributed by atoms with Crippen LogP contribution < -0.4 is 15.4 Å². The Bertz CT molecular complexity index is 730. The topological polar surface area (TPSA) is 50.4 Å². The third-order valence-electron chi connectivity index (χ3n) is 3.18. The minimum Gasteiger partial charge on any atom is -0.406 e. The van der Waals surface area contributed by atoms with E-state index in [1.165, 1.54) is 18.2 Å². The number of benzene rings is 2. The summed E-state index contributed by atoms with van der Waals surface area (Å²) in [5.41, 5.74) is 3.07. The standard InChI is InChI=1S/C17H17F3N2O2/c1-11-6-7-15(12(2)8-11)22-16(23)10-21-13-4-3-5-14(9-13)24-17(18,19)20/h3-9,21H,10H2,1-2H3,(H,22,23). The normalized spacial score (nSPS) is 11.0. The first-order chi connectivity index (χ1) is 11.2. The van der Waals surface area contributed by atoms with Crippen molar-refractivity contribution in [3.8, 4) is 5.75 Å². The van der Waals surface area contributed by atoms with E-state index in [9.17, 15) is 18.0 Å². The van der Waals surface area contributed by atoms with Gasteiger partial charge in [0.25, 0.3) is 0 Å². The summed E-state index contributed by atoms with van der Waals surface area (Å²) >= 11 is 0. The molecule has 0 bridgehead atoms. The van der Waals surface area contributed by atoms with Gasteiger partial charge in [0.2, 0.25) is 5.91 Å². The zero-order chi connectivity index (χ0) is 17.7. The SMILES string of the molecule is Cc1ccc(NC(=O)CNc2cccc(OC(F)(F)F)c2)c(C)c1. The van der Waals surface area contributed by atoms with E-state index in [2.05, 4.69) is 15.4 Å². The van der Waals surface area contributed by atoms with Gasteiger partial charge in [0.05, 0.1) is 6.54 Å². The molecule has 0 unspecified atom stereocenters. The van der Waals surface area contributed by atoms with Crippen LogP contribution in [0.4, 0.5) is 24.5 Å². The molecule has 0 aliphatic heterocycles. The molecule has 0 fully saturated rings. The van der Waals surface area contributed by atoms with E-state index >= 15 is 0 Å². The number of alkyl halides is 3. The van der Waals surface area contributed by atoms with Crippen molar-refractivity contribution in [2.75, 3.05) is 17.2 Å². The van der Waals surface area contributed by atoms with Crippen molar-refractivity contribution in [2.24, 2.45) is 0 Å². The van der Waals surface area contributed by atoms with Gasteiger partial charge in [-0.05, 0) is 37.6 Å². The van der Waals surface area contributed by atoms with E-state index in [1.807, 2.05) is 26.0 Å². The van der Waals surface area contributed by atoms with Gasteiger partial charge in [-0.2, -0.15) is 0 Å². The van der Waals surface area contributed by atoms with Gasteiger partial charge in [-0.25, -0.2) is 0 Å². The molecule has 2 aromatic rings. The highest BCUT2D eigenvalue weighted by molar-refractivity contribution is 5.94. The number of carbonyl (C=O) groups excluding carboxylic acids is 1. The summed E-state index contributed by atoms with van der Waals surface area (Å²) in [6.45, 7) is 3.76. The fraction of sp³-hybridized carbons (Fsp3) is 0.235. The Kier molecular flexibility index (Phi) is 5.33. The van der Waals surface area contributed by atoms with Crippen LogP contribution in [0.5, 0.6) is 5.75 Å². The molecular formula is C17H17F3N2O2. The van der Waals surface area contributed by atoms with Crippen LogP contribution in [0.2, 0.25) is 0 Å². The molecule has 0 radical (unpaired) electrons. The van der Waals surface area contributed by atoms with Gasteiger partial charge in [-0.1, -0.05) is 23.8 Å². The van der Waals surface area contributed by atoms with Crippen molar-refractivity contribution in [3.05, 3.63) is 53.6 Å². The fourth-order valence-corrected chi connectivity index (χ4v) is 2.13. The van der Waals surface area contributed by atoms with E-state index in [4.69, 9.17) is 0 Å². The fourth-order valence-electron chi connectivity index (χ4n) is 2.13. The Morgan fingerprint density at radius 3 is 2.54 bits per heavy atom. The van der Waals surface area contributed by atoms with Gasteiger partial charge in [-0.15, -0.1) is 13.2 Å². The number of anilines is 2. The zero-order valence-corrected chi connectivity index (χ0v) is 13.2. The number of hydrogen-bond donors (Lipinski definition) is 2. The molecule has 128 valence electrons.